The largest absolute Gasteiger partial charge is 0.349 e. The number of benzene rings is 1. The fourth-order valence-corrected chi connectivity index (χ4v) is 3.03. The Morgan fingerprint density at radius 3 is 2.55 bits per heavy atom. The summed E-state index contributed by atoms with van der Waals surface area (Å²) in [6.07, 6.45) is 3.84. The highest BCUT2D eigenvalue weighted by Crippen LogP contribution is 2.25. The van der Waals surface area contributed by atoms with Crippen molar-refractivity contribution in [3.05, 3.63) is 38.9 Å². The summed E-state index contributed by atoms with van der Waals surface area (Å²) in [6.45, 7) is 0. The van der Waals surface area contributed by atoms with E-state index in [9.17, 15) is 14.9 Å². The van der Waals surface area contributed by atoms with Crippen molar-refractivity contribution in [3.8, 4) is 0 Å². The Labute approximate surface area is 130 Å². The molecule has 1 amide bonds. The first-order valence-electron chi connectivity index (χ1n) is 6.35. The molecule has 20 heavy (non-hydrogen) atoms. The summed E-state index contributed by atoms with van der Waals surface area (Å²) in [5.41, 5.74) is 0.0528. The Morgan fingerprint density at radius 1 is 1.30 bits per heavy atom. The number of carbonyl (C=O) groups is 1. The Bertz CT molecular complexity index is 530. The second-order valence-corrected chi connectivity index (χ2v) is 6.61. The van der Waals surface area contributed by atoms with Gasteiger partial charge in [0.05, 0.1) is 4.92 Å². The minimum absolute atomic E-state index is 0.120. The fraction of sp³-hybridized carbons (Fsp3) is 0.462. The lowest BCUT2D eigenvalue weighted by Gasteiger charge is -2.26. The van der Waals surface area contributed by atoms with Crippen molar-refractivity contribution in [2.24, 2.45) is 0 Å². The standard InChI is InChI=1S/C13H14BrClN2O3/c14-9-1-3-11(4-2-9)16-13(18)8-5-10(15)7-12(6-8)17(19)20/h5-7,9,11H,1-4H2,(H,16,18). The van der Waals surface area contributed by atoms with E-state index in [0.29, 0.717) is 4.83 Å². The highest BCUT2D eigenvalue weighted by Gasteiger charge is 2.22. The van der Waals surface area contributed by atoms with Crippen LogP contribution in [-0.2, 0) is 0 Å². The first-order valence-corrected chi connectivity index (χ1v) is 7.65. The van der Waals surface area contributed by atoms with E-state index in [2.05, 4.69) is 21.2 Å². The Balaban J connectivity index is 2.07. The number of carbonyl (C=O) groups excluding carboxylic acids is 1. The maximum absolute atomic E-state index is 12.1. The molecule has 1 aliphatic carbocycles. The Kier molecular flexibility index (Phi) is 4.99. The summed E-state index contributed by atoms with van der Waals surface area (Å²) >= 11 is 9.37. The zero-order valence-corrected chi connectivity index (χ0v) is 13.0. The number of amides is 1. The molecule has 1 aromatic rings. The van der Waals surface area contributed by atoms with Crippen LogP contribution in [0.3, 0.4) is 0 Å². The van der Waals surface area contributed by atoms with E-state index in [1.54, 1.807) is 0 Å². The van der Waals surface area contributed by atoms with Gasteiger partial charge in [-0.3, -0.25) is 14.9 Å². The fourth-order valence-electron chi connectivity index (χ4n) is 2.28. The number of nitrogens with zero attached hydrogens (tertiary/aromatic N) is 1. The van der Waals surface area contributed by atoms with Gasteiger partial charge >= 0.3 is 0 Å². The SMILES string of the molecule is O=C(NC1CCC(Br)CC1)c1cc(Cl)cc([N+](=O)[O-])c1. The molecule has 5 nitrogen and oxygen atoms in total. The maximum Gasteiger partial charge on any atom is 0.271 e. The smallest absolute Gasteiger partial charge is 0.271 e. The molecule has 1 aromatic carbocycles. The van der Waals surface area contributed by atoms with Crippen LogP contribution in [0, 0.1) is 10.1 Å². The number of hydrogen-bond acceptors (Lipinski definition) is 3. The van der Waals surface area contributed by atoms with Gasteiger partial charge in [0, 0.05) is 33.6 Å². The average molecular weight is 362 g/mol. The molecule has 0 bridgehead atoms. The van der Waals surface area contributed by atoms with E-state index in [4.69, 9.17) is 11.6 Å². The summed E-state index contributed by atoms with van der Waals surface area (Å²) < 4.78 is 0. The van der Waals surface area contributed by atoms with Crippen molar-refractivity contribution in [1.29, 1.82) is 0 Å². The number of halogens is 2. The Morgan fingerprint density at radius 2 is 1.95 bits per heavy atom. The van der Waals surface area contributed by atoms with Crippen molar-refractivity contribution in [3.63, 3.8) is 0 Å². The summed E-state index contributed by atoms with van der Waals surface area (Å²) in [7, 11) is 0. The third-order valence-corrected chi connectivity index (χ3v) is 4.48. The first-order chi connectivity index (χ1) is 9.45. The quantitative estimate of drug-likeness (QED) is 0.507. The average Bonchev–Trinajstić information content (AvgIpc) is 2.40. The van der Waals surface area contributed by atoms with Crippen LogP contribution >= 0.6 is 27.5 Å². The number of alkyl halides is 1. The molecule has 0 aromatic heterocycles. The van der Waals surface area contributed by atoms with Crippen molar-refractivity contribution >= 4 is 39.1 Å². The first kappa shape index (κ1) is 15.3. The minimum Gasteiger partial charge on any atom is -0.349 e. The molecule has 7 heteroatoms. The zero-order valence-electron chi connectivity index (χ0n) is 10.6. The van der Waals surface area contributed by atoms with Crippen molar-refractivity contribution in [2.45, 2.75) is 36.6 Å². The molecule has 1 fully saturated rings. The third-order valence-electron chi connectivity index (χ3n) is 3.35. The van der Waals surface area contributed by atoms with Crippen LogP contribution in [0.1, 0.15) is 36.0 Å². The highest BCUT2D eigenvalue weighted by atomic mass is 79.9. The van der Waals surface area contributed by atoms with E-state index >= 15 is 0 Å². The number of nitrogens with one attached hydrogen (secondary N) is 1. The zero-order chi connectivity index (χ0) is 14.7. The number of non-ortho nitro benzene ring substituents is 1. The van der Waals surface area contributed by atoms with Gasteiger partial charge in [0.1, 0.15) is 0 Å². The second kappa shape index (κ2) is 6.54. The summed E-state index contributed by atoms with van der Waals surface area (Å²) in [6, 6.07) is 4.04. The number of hydrogen-bond donors (Lipinski definition) is 1. The monoisotopic (exact) mass is 360 g/mol. The molecule has 0 aliphatic heterocycles. The molecule has 0 unspecified atom stereocenters. The van der Waals surface area contributed by atoms with Gasteiger partial charge in [-0.2, -0.15) is 0 Å². The van der Waals surface area contributed by atoms with Crippen LogP contribution in [-0.4, -0.2) is 21.7 Å². The molecule has 1 saturated carbocycles. The lowest BCUT2D eigenvalue weighted by molar-refractivity contribution is -0.384. The molecule has 0 atom stereocenters. The van der Waals surface area contributed by atoms with Crippen LogP contribution in [0.5, 0.6) is 0 Å². The summed E-state index contributed by atoms with van der Waals surface area (Å²) in [5.74, 6) is -0.311. The van der Waals surface area contributed by atoms with Crippen LogP contribution in [0.4, 0.5) is 5.69 Å². The minimum atomic E-state index is -0.557. The maximum atomic E-state index is 12.1. The van der Waals surface area contributed by atoms with E-state index in [1.165, 1.54) is 18.2 Å². The van der Waals surface area contributed by atoms with Gasteiger partial charge in [0.2, 0.25) is 0 Å². The van der Waals surface area contributed by atoms with Crippen molar-refractivity contribution in [2.75, 3.05) is 0 Å². The third kappa shape index (κ3) is 3.93. The predicted octanol–water partition coefficient (Wildman–Crippen LogP) is 3.68. The number of rotatable bonds is 3. The molecule has 0 saturated heterocycles. The summed E-state index contributed by atoms with van der Waals surface area (Å²) in [5, 5.41) is 13.9. The van der Waals surface area contributed by atoms with E-state index in [-0.39, 0.29) is 28.2 Å². The van der Waals surface area contributed by atoms with E-state index in [1.807, 2.05) is 0 Å². The van der Waals surface area contributed by atoms with Crippen LogP contribution in [0.2, 0.25) is 5.02 Å². The topological polar surface area (TPSA) is 72.2 Å². The molecule has 2 rings (SSSR count). The van der Waals surface area contributed by atoms with Gasteiger partial charge < -0.3 is 5.32 Å². The van der Waals surface area contributed by atoms with Gasteiger partial charge in [0.15, 0.2) is 0 Å². The molecular weight excluding hydrogens is 348 g/mol. The molecule has 108 valence electrons. The molecule has 1 aliphatic rings. The van der Waals surface area contributed by atoms with Crippen LogP contribution < -0.4 is 5.32 Å². The van der Waals surface area contributed by atoms with Gasteiger partial charge in [-0.25, -0.2) is 0 Å². The van der Waals surface area contributed by atoms with Gasteiger partial charge in [-0.1, -0.05) is 27.5 Å². The number of nitro benzene ring substituents is 1. The Hall–Kier alpha value is -1.14. The van der Waals surface area contributed by atoms with E-state index < -0.39 is 4.92 Å². The summed E-state index contributed by atoms with van der Waals surface area (Å²) in [4.78, 5) is 22.8. The lowest BCUT2D eigenvalue weighted by atomic mass is 9.95. The molecular formula is C13H14BrClN2O3. The van der Waals surface area contributed by atoms with Crippen LogP contribution in [0.15, 0.2) is 18.2 Å². The van der Waals surface area contributed by atoms with Gasteiger partial charge in [-0.15, -0.1) is 0 Å². The molecule has 1 N–H and O–H groups in total. The number of nitro groups is 1. The predicted molar refractivity (Wildman–Crippen MR) is 80.5 cm³/mol. The second-order valence-electron chi connectivity index (χ2n) is 4.88. The molecule has 0 heterocycles. The highest BCUT2D eigenvalue weighted by molar-refractivity contribution is 9.09. The van der Waals surface area contributed by atoms with Gasteiger partial charge in [-0.05, 0) is 31.7 Å². The lowest BCUT2D eigenvalue weighted by Crippen LogP contribution is -2.37. The van der Waals surface area contributed by atoms with Crippen molar-refractivity contribution < 1.29 is 9.72 Å². The van der Waals surface area contributed by atoms with Crippen LogP contribution in [0.25, 0.3) is 0 Å². The van der Waals surface area contributed by atoms with E-state index in [0.717, 1.165) is 25.7 Å². The molecule has 0 radical (unpaired) electrons. The normalized spacial score (nSPS) is 22.3. The van der Waals surface area contributed by atoms with Gasteiger partial charge in [0.25, 0.3) is 11.6 Å². The van der Waals surface area contributed by atoms with Crippen molar-refractivity contribution in [1.82, 2.24) is 5.32 Å². The molecule has 0 spiro atoms.